The Hall–Kier alpha value is -1.39. The molecule has 1 saturated carbocycles. The van der Waals surface area contributed by atoms with Gasteiger partial charge in [0.2, 0.25) is 0 Å². The van der Waals surface area contributed by atoms with Crippen molar-refractivity contribution in [1.82, 2.24) is 0 Å². The van der Waals surface area contributed by atoms with Crippen molar-refractivity contribution < 1.29 is 13.2 Å². The third-order valence-electron chi connectivity index (χ3n) is 5.09. The average molecular weight is 298 g/mol. The van der Waals surface area contributed by atoms with Crippen LogP contribution in [0.3, 0.4) is 0 Å². The Labute approximate surface area is 123 Å². The molecule has 2 nitrogen and oxygen atoms in total. The summed E-state index contributed by atoms with van der Waals surface area (Å²) in [6.07, 6.45) is 2.64. The fourth-order valence-electron chi connectivity index (χ4n) is 3.79. The summed E-state index contributed by atoms with van der Waals surface area (Å²) < 4.78 is 38.6. The topological polar surface area (TPSA) is 15.3 Å². The molecule has 116 valence electrons. The molecule has 5 heteroatoms. The maximum absolute atomic E-state index is 12.9. The largest absolute Gasteiger partial charge is 0.416 e. The molecule has 1 aliphatic carbocycles. The first-order valence-electron chi connectivity index (χ1n) is 7.61. The first-order valence-corrected chi connectivity index (χ1v) is 7.61. The van der Waals surface area contributed by atoms with Crippen LogP contribution in [0.4, 0.5) is 24.5 Å². The number of hydrogen-bond donors (Lipinski definition) is 1. The lowest BCUT2D eigenvalue weighted by atomic mass is 9.78. The van der Waals surface area contributed by atoms with E-state index in [1.807, 2.05) is 7.05 Å². The van der Waals surface area contributed by atoms with E-state index in [-0.39, 0.29) is 5.54 Å². The Kier molecular flexibility index (Phi) is 3.54. The molecule has 1 aromatic rings. The summed E-state index contributed by atoms with van der Waals surface area (Å²) in [5.74, 6) is 0. The number of benzene rings is 1. The van der Waals surface area contributed by atoms with Gasteiger partial charge in [-0.25, -0.2) is 0 Å². The van der Waals surface area contributed by atoms with E-state index in [1.165, 1.54) is 31.4 Å². The molecule has 0 aromatic heterocycles. The quantitative estimate of drug-likeness (QED) is 0.749. The summed E-state index contributed by atoms with van der Waals surface area (Å²) in [5.41, 5.74) is 1.02. The lowest BCUT2D eigenvalue weighted by molar-refractivity contribution is -0.137. The average Bonchev–Trinajstić information content (AvgIpc) is 2.58. The van der Waals surface area contributed by atoms with Crippen molar-refractivity contribution in [3.05, 3.63) is 23.8 Å². The molecule has 0 unspecified atom stereocenters. The second-order valence-electron chi connectivity index (χ2n) is 6.25. The molecule has 0 saturated heterocycles. The molecule has 1 spiro atoms. The summed E-state index contributed by atoms with van der Waals surface area (Å²) in [6, 6.07) is 4.05. The molecule has 0 amide bonds. The van der Waals surface area contributed by atoms with E-state index >= 15 is 0 Å². The lowest BCUT2D eigenvalue weighted by Crippen LogP contribution is -2.48. The van der Waals surface area contributed by atoms with Gasteiger partial charge in [-0.3, -0.25) is 0 Å². The second kappa shape index (κ2) is 5.11. The van der Waals surface area contributed by atoms with Gasteiger partial charge in [0, 0.05) is 19.1 Å². The van der Waals surface area contributed by atoms with Gasteiger partial charge in [0.25, 0.3) is 0 Å². The van der Waals surface area contributed by atoms with Crippen molar-refractivity contribution in [2.24, 2.45) is 0 Å². The highest BCUT2D eigenvalue weighted by Gasteiger charge is 2.39. The second-order valence-corrected chi connectivity index (χ2v) is 6.25. The molecule has 2 aliphatic rings. The van der Waals surface area contributed by atoms with Crippen molar-refractivity contribution in [2.45, 2.75) is 50.2 Å². The number of halogens is 3. The van der Waals surface area contributed by atoms with E-state index in [0.29, 0.717) is 5.69 Å². The third-order valence-corrected chi connectivity index (χ3v) is 5.09. The van der Waals surface area contributed by atoms with Crippen molar-refractivity contribution in [3.8, 4) is 0 Å². The van der Waals surface area contributed by atoms with E-state index in [1.54, 1.807) is 6.07 Å². The summed E-state index contributed by atoms with van der Waals surface area (Å²) in [6.45, 7) is 0.735. The first kappa shape index (κ1) is 14.5. The van der Waals surface area contributed by atoms with Crippen LogP contribution in [0.15, 0.2) is 18.2 Å². The van der Waals surface area contributed by atoms with Crippen LogP contribution < -0.4 is 10.2 Å². The van der Waals surface area contributed by atoms with Gasteiger partial charge in [0.15, 0.2) is 0 Å². The Balaban J connectivity index is 1.98. The van der Waals surface area contributed by atoms with Crippen LogP contribution in [0.2, 0.25) is 0 Å². The van der Waals surface area contributed by atoms with Gasteiger partial charge in [-0.05, 0) is 37.5 Å². The SMILES string of the molecule is CN1c2ccc(C(F)(F)F)cc2NCCC12CCCCC2. The van der Waals surface area contributed by atoms with Gasteiger partial charge in [-0.2, -0.15) is 13.2 Å². The van der Waals surface area contributed by atoms with Crippen LogP contribution in [-0.2, 0) is 6.18 Å². The summed E-state index contributed by atoms with van der Waals surface area (Å²) in [4.78, 5) is 2.22. The van der Waals surface area contributed by atoms with Gasteiger partial charge >= 0.3 is 6.18 Å². The number of nitrogens with one attached hydrogen (secondary N) is 1. The molecule has 1 fully saturated rings. The molecule has 3 rings (SSSR count). The first-order chi connectivity index (χ1) is 9.92. The molecular weight excluding hydrogens is 277 g/mol. The molecule has 0 radical (unpaired) electrons. The van der Waals surface area contributed by atoms with Crippen LogP contribution >= 0.6 is 0 Å². The number of nitrogens with zero attached hydrogens (tertiary/aromatic N) is 1. The van der Waals surface area contributed by atoms with E-state index in [0.717, 1.165) is 31.5 Å². The van der Waals surface area contributed by atoms with Crippen molar-refractivity contribution in [3.63, 3.8) is 0 Å². The van der Waals surface area contributed by atoms with E-state index in [2.05, 4.69) is 10.2 Å². The normalized spacial score (nSPS) is 21.6. The summed E-state index contributed by atoms with van der Waals surface area (Å²) >= 11 is 0. The zero-order valence-electron chi connectivity index (χ0n) is 12.3. The van der Waals surface area contributed by atoms with Gasteiger partial charge < -0.3 is 10.2 Å². The highest BCUT2D eigenvalue weighted by molar-refractivity contribution is 5.73. The minimum atomic E-state index is -4.29. The van der Waals surface area contributed by atoms with Crippen LogP contribution in [0, 0.1) is 0 Å². The minimum Gasteiger partial charge on any atom is -0.383 e. The number of fused-ring (bicyclic) bond motifs is 1. The zero-order valence-corrected chi connectivity index (χ0v) is 12.3. The smallest absolute Gasteiger partial charge is 0.383 e. The maximum Gasteiger partial charge on any atom is 0.416 e. The fraction of sp³-hybridized carbons (Fsp3) is 0.625. The van der Waals surface area contributed by atoms with Gasteiger partial charge in [0.1, 0.15) is 0 Å². The number of anilines is 2. The molecule has 21 heavy (non-hydrogen) atoms. The standard InChI is InChI=1S/C16H21F3N2/c1-21-14-6-5-12(16(17,18)19)11-13(14)20-10-9-15(21)7-3-2-4-8-15/h5-6,11,20H,2-4,7-10H2,1H3. The molecular formula is C16H21F3N2. The minimum absolute atomic E-state index is 0.107. The predicted molar refractivity (Wildman–Crippen MR) is 78.8 cm³/mol. The monoisotopic (exact) mass is 298 g/mol. The Morgan fingerprint density at radius 2 is 1.81 bits per heavy atom. The Morgan fingerprint density at radius 3 is 2.48 bits per heavy atom. The number of alkyl halides is 3. The number of rotatable bonds is 0. The Morgan fingerprint density at radius 1 is 1.10 bits per heavy atom. The summed E-state index contributed by atoms with van der Waals surface area (Å²) in [5, 5.41) is 3.20. The molecule has 1 aromatic carbocycles. The molecule has 0 atom stereocenters. The molecule has 1 aliphatic heterocycles. The van der Waals surface area contributed by atoms with Crippen molar-refractivity contribution in [2.75, 3.05) is 23.8 Å². The van der Waals surface area contributed by atoms with Gasteiger partial charge in [-0.15, -0.1) is 0 Å². The van der Waals surface area contributed by atoms with Gasteiger partial charge in [-0.1, -0.05) is 19.3 Å². The lowest BCUT2D eigenvalue weighted by Gasteiger charge is -2.45. The summed E-state index contributed by atoms with van der Waals surface area (Å²) in [7, 11) is 2.03. The van der Waals surface area contributed by atoms with Crippen LogP contribution in [-0.4, -0.2) is 19.1 Å². The Bertz CT molecular complexity index is 519. The number of hydrogen-bond acceptors (Lipinski definition) is 2. The highest BCUT2D eigenvalue weighted by Crippen LogP contribution is 2.44. The van der Waals surface area contributed by atoms with Gasteiger partial charge in [0.05, 0.1) is 16.9 Å². The molecule has 1 N–H and O–H groups in total. The van der Waals surface area contributed by atoms with Crippen LogP contribution in [0.25, 0.3) is 0 Å². The predicted octanol–water partition coefficient (Wildman–Crippen LogP) is 4.66. The third kappa shape index (κ3) is 2.58. The maximum atomic E-state index is 12.9. The highest BCUT2D eigenvalue weighted by atomic mass is 19.4. The van der Waals surface area contributed by atoms with Crippen LogP contribution in [0.1, 0.15) is 44.1 Å². The van der Waals surface area contributed by atoms with Crippen LogP contribution in [0.5, 0.6) is 0 Å². The fourth-order valence-corrected chi connectivity index (χ4v) is 3.79. The van der Waals surface area contributed by atoms with E-state index in [9.17, 15) is 13.2 Å². The molecule has 0 bridgehead atoms. The molecule has 1 heterocycles. The van der Waals surface area contributed by atoms with Crippen molar-refractivity contribution >= 4 is 11.4 Å². The van der Waals surface area contributed by atoms with E-state index in [4.69, 9.17) is 0 Å². The van der Waals surface area contributed by atoms with Crippen molar-refractivity contribution in [1.29, 1.82) is 0 Å². The van der Waals surface area contributed by atoms with E-state index < -0.39 is 11.7 Å². The zero-order chi connectivity index (χ0) is 15.1.